The van der Waals surface area contributed by atoms with Gasteiger partial charge in [0.15, 0.2) is 0 Å². The molecule has 0 fully saturated rings. The first-order chi connectivity index (χ1) is 8.58. The van der Waals surface area contributed by atoms with E-state index in [2.05, 4.69) is 0 Å². The minimum atomic E-state index is -0.492. The third kappa shape index (κ3) is 2.79. The van der Waals surface area contributed by atoms with Crippen molar-refractivity contribution in [1.82, 2.24) is 0 Å². The second kappa shape index (κ2) is 5.36. The van der Waals surface area contributed by atoms with Crippen molar-refractivity contribution in [2.24, 2.45) is 0 Å². The summed E-state index contributed by atoms with van der Waals surface area (Å²) in [5.74, 6) is -0.440. The van der Waals surface area contributed by atoms with Crippen LogP contribution in [-0.4, -0.2) is 0 Å². The van der Waals surface area contributed by atoms with Crippen LogP contribution in [0.25, 0.3) is 0 Å². The number of benzene rings is 2. The van der Waals surface area contributed by atoms with Crippen molar-refractivity contribution in [2.75, 3.05) is 0 Å². The summed E-state index contributed by atoms with van der Waals surface area (Å²) < 4.78 is 31.7. The van der Waals surface area contributed by atoms with Crippen molar-refractivity contribution in [3.05, 3.63) is 64.2 Å². The molecule has 4 heteroatoms. The highest BCUT2D eigenvalue weighted by atomic mass is 35.5. The number of ether oxygens (including phenoxy) is 1. The van der Waals surface area contributed by atoms with Gasteiger partial charge < -0.3 is 4.74 Å². The minimum Gasteiger partial charge on any atom is -0.488 e. The lowest BCUT2D eigenvalue weighted by atomic mass is 10.2. The molecule has 0 atom stereocenters. The van der Waals surface area contributed by atoms with E-state index >= 15 is 0 Å². The Morgan fingerprint density at radius 1 is 1.17 bits per heavy atom. The molecule has 0 N–H and O–H groups in total. The fourth-order valence-corrected chi connectivity index (χ4v) is 1.73. The van der Waals surface area contributed by atoms with E-state index in [1.54, 1.807) is 18.2 Å². The van der Waals surface area contributed by atoms with E-state index in [0.29, 0.717) is 11.3 Å². The van der Waals surface area contributed by atoms with Gasteiger partial charge in [0.1, 0.15) is 24.0 Å². The molecule has 0 unspecified atom stereocenters. The molecule has 0 aliphatic heterocycles. The van der Waals surface area contributed by atoms with Crippen molar-refractivity contribution in [3.8, 4) is 5.75 Å². The van der Waals surface area contributed by atoms with Crippen LogP contribution in [0.5, 0.6) is 5.75 Å². The maximum Gasteiger partial charge on any atom is 0.142 e. The first-order valence-electron chi connectivity index (χ1n) is 5.40. The largest absolute Gasteiger partial charge is 0.488 e. The van der Waals surface area contributed by atoms with E-state index in [-0.39, 0.29) is 17.4 Å². The summed E-state index contributed by atoms with van der Waals surface area (Å²) in [6.45, 7) is 1.91. The van der Waals surface area contributed by atoms with Gasteiger partial charge in [0.2, 0.25) is 0 Å². The Morgan fingerprint density at radius 2 is 1.94 bits per heavy atom. The predicted octanol–water partition coefficient (Wildman–Crippen LogP) is 4.51. The normalized spacial score (nSPS) is 10.4. The topological polar surface area (TPSA) is 9.23 Å². The van der Waals surface area contributed by atoms with E-state index in [1.807, 2.05) is 6.92 Å². The zero-order chi connectivity index (χ0) is 13.1. The van der Waals surface area contributed by atoms with Crippen LogP contribution in [0.4, 0.5) is 8.78 Å². The molecular formula is C14H11ClF2O. The van der Waals surface area contributed by atoms with Crippen molar-refractivity contribution in [1.29, 1.82) is 0 Å². The van der Waals surface area contributed by atoms with Crippen LogP contribution in [-0.2, 0) is 6.61 Å². The maximum atomic E-state index is 13.2. The molecule has 0 radical (unpaired) electrons. The Bertz CT molecular complexity index is 568. The monoisotopic (exact) mass is 268 g/mol. The van der Waals surface area contributed by atoms with Gasteiger partial charge in [-0.25, -0.2) is 8.78 Å². The Balaban J connectivity index is 2.16. The van der Waals surface area contributed by atoms with E-state index in [0.717, 1.165) is 5.56 Å². The molecule has 0 aromatic heterocycles. The highest BCUT2D eigenvalue weighted by molar-refractivity contribution is 6.31. The van der Waals surface area contributed by atoms with Gasteiger partial charge >= 0.3 is 0 Å². The Hall–Kier alpha value is -1.61. The fraction of sp³-hybridized carbons (Fsp3) is 0.143. The number of aryl methyl sites for hydroxylation is 1. The quantitative estimate of drug-likeness (QED) is 0.796. The average Bonchev–Trinajstić information content (AvgIpc) is 2.35. The minimum absolute atomic E-state index is 0.0338. The molecule has 0 bridgehead atoms. The standard InChI is InChI=1S/C14H11ClF2O/c1-9-5-6-11(16)7-13(9)18-8-10-3-2-4-12(17)14(10)15/h2-7H,8H2,1H3. The average molecular weight is 269 g/mol. The van der Waals surface area contributed by atoms with Gasteiger partial charge in [0.25, 0.3) is 0 Å². The second-order valence-electron chi connectivity index (χ2n) is 3.91. The second-order valence-corrected chi connectivity index (χ2v) is 4.29. The lowest BCUT2D eigenvalue weighted by Gasteiger charge is -2.10. The van der Waals surface area contributed by atoms with Gasteiger partial charge in [0.05, 0.1) is 5.02 Å². The zero-order valence-corrected chi connectivity index (χ0v) is 10.5. The Kier molecular flexibility index (Phi) is 3.82. The molecule has 0 spiro atoms. The highest BCUT2D eigenvalue weighted by Crippen LogP contribution is 2.24. The van der Waals surface area contributed by atoms with Crippen LogP contribution in [0.1, 0.15) is 11.1 Å². The van der Waals surface area contributed by atoms with Crippen molar-refractivity contribution < 1.29 is 13.5 Å². The van der Waals surface area contributed by atoms with Gasteiger partial charge in [-0.15, -0.1) is 0 Å². The first kappa shape index (κ1) is 12.8. The molecule has 94 valence electrons. The Labute approximate surface area is 109 Å². The van der Waals surface area contributed by atoms with E-state index in [1.165, 1.54) is 18.2 Å². The molecule has 0 amide bonds. The van der Waals surface area contributed by atoms with Gasteiger partial charge in [-0.3, -0.25) is 0 Å². The van der Waals surface area contributed by atoms with Crippen LogP contribution in [0, 0.1) is 18.6 Å². The van der Waals surface area contributed by atoms with E-state index < -0.39 is 5.82 Å². The summed E-state index contributed by atoms with van der Waals surface area (Å²) in [6.07, 6.45) is 0. The molecule has 0 saturated carbocycles. The van der Waals surface area contributed by atoms with Crippen LogP contribution >= 0.6 is 11.6 Å². The predicted molar refractivity (Wildman–Crippen MR) is 66.9 cm³/mol. The third-order valence-corrected chi connectivity index (χ3v) is 2.99. The van der Waals surface area contributed by atoms with E-state index in [4.69, 9.17) is 16.3 Å². The summed E-state index contributed by atoms with van der Waals surface area (Å²) in [7, 11) is 0. The molecular weight excluding hydrogens is 258 g/mol. The van der Waals surface area contributed by atoms with Gasteiger partial charge in [-0.05, 0) is 24.6 Å². The molecule has 0 aliphatic carbocycles. The van der Waals surface area contributed by atoms with Crippen molar-refractivity contribution in [3.63, 3.8) is 0 Å². The Morgan fingerprint density at radius 3 is 2.72 bits per heavy atom. The summed E-state index contributed by atoms with van der Waals surface area (Å²) >= 11 is 5.80. The molecule has 18 heavy (non-hydrogen) atoms. The number of hydrogen-bond donors (Lipinski definition) is 0. The van der Waals surface area contributed by atoms with Crippen LogP contribution in [0.2, 0.25) is 5.02 Å². The molecule has 0 heterocycles. The highest BCUT2D eigenvalue weighted by Gasteiger charge is 2.07. The SMILES string of the molecule is Cc1ccc(F)cc1OCc1cccc(F)c1Cl. The summed E-state index contributed by atoms with van der Waals surface area (Å²) in [6, 6.07) is 8.77. The number of rotatable bonds is 3. The van der Waals surface area contributed by atoms with Crippen LogP contribution in [0.3, 0.4) is 0 Å². The van der Waals surface area contributed by atoms with Gasteiger partial charge in [-0.1, -0.05) is 29.8 Å². The maximum absolute atomic E-state index is 13.2. The van der Waals surface area contributed by atoms with Gasteiger partial charge in [0, 0.05) is 11.6 Å². The van der Waals surface area contributed by atoms with E-state index in [9.17, 15) is 8.78 Å². The lowest BCUT2D eigenvalue weighted by molar-refractivity contribution is 0.302. The molecule has 1 nitrogen and oxygen atoms in total. The smallest absolute Gasteiger partial charge is 0.142 e. The van der Waals surface area contributed by atoms with Crippen molar-refractivity contribution in [2.45, 2.75) is 13.5 Å². The number of hydrogen-bond acceptors (Lipinski definition) is 1. The van der Waals surface area contributed by atoms with Crippen LogP contribution in [0.15, 0.2) is 36.4 Å². The summed E-state index contributed by atoms with van der Waals surface area (Å²) in [5, 5.41) is 0.0338. The molecule has 2 rings (SSSR count). The van der Waals surface area contributed by atoms with Gasteiger partial charge in [-0.2, -0.15) is 0 Å². The molecule has 2 aromatic carbocycles. The zero-order valence-electron chi connectivity index (χ0n) is 9.71. The van der Waals surface area contributed by atoms with Crippen molar-refractivity contribution >= 4 is 11.6 Å². The molecule has 0 aliphatic rings. The number of halogens is 3. The lowest BCUT2D eigenvalue weighted by Crippen LogP contribution is -1.99. The third-order valence-electron chi connectivity index (χ3n) is 2.56. The van der Waals surface area contributed by atoms with Crippen LogP contribution < -0.4 is 4.74 Å². The molecule has 2 aromatic rings. The molecule has 0 saturated heterocycles. The summed E-state index contributed by atoms with van der Waals surface area (Å²) in [5.41, 5.74) is 1.34. The first-order valence-corrected chi connectivity index (χ1v) is 5.77. The fourth-order valence-electron chi connectivity index (χ4n) is 1.54. The summed E-state index contributed by atoms with van der Waals surface area (Å²) in [4.78, 5) is 0.